The highest BCUT2D eigenvalue weighted by atomic mass is 35.5. The molecule has 0 aliphatic heterocycles. The molecule has 1 saturated carbocycles. The van der Waals surface area contributed by atoms with E-state index in [2.05, 4.69) is 5.32 Å². The molecule has 1 aliphatic rings. The minimum atomic E-state index is -0.397. The molecule has 0 saturated heterocycles. The van der Waals surface area contributed by atoms with Gasteiger partial charge in [0.1, 0.15) is 0 Å². The van der Waals surface area contributed by atoms with Crippen LogP contribution in [-0.2, 0) is 4.79 Å². The number of nitrogens with two attached hydrogens (primary N) is 1. The van der Waals surface area contributed by atoms with Crippen molar-refractivity contribution in [2.75, 3.05) is 6.54 Å². The van der Waals surface area contributed by atoms with Gasteiger partial charge < -0.3 is 11.1 Å². The number of carbonyl (C=O) groups is 1. The molecule has 1 unspecified atom stereocenters. The maximum atomic E-state index is 12.8. The molecular formula is C17H25ClN2O. The van der Waals surface area contributed by atoms with Crippen LogP contribution in [0.25, 0.3) is 0 Å². The van der Waals surface area contributed by atoms with E-state index in [-0.39, 0.29) is 11.9 Å². The average molecular weight is 309 g/mol. The van der Waals surface area contributed by atoms with E-state index in [1.807, 2.05) is 31.2 Å². The first-order valence-corrected chi connectivity index (χ1v) is 8.22. The van der Waals surface area contributed by atoms with E-state index in [0.29, 0.717) is 11.6 Å². The Morgan fingerprint density at radius 3 is 2.48 bits per heavy atom. The predicted octanol–water partition coefficient (Wildman–Crippen LogP) is 3.82. The molecular weight excluding hydrogens is 284 g/mol. The van der Waals surface area contributed by atoms with Crippen LogP contribution in [0.5, 0.6) is 0 Å². The molecule has 1 fully saturated rings. The molecule has 1 aromatic rings. The number of rotatable bonds is 4. The van der Waals surface area contributed by atoms with E-state index in [9.17, 15) is 4.79 Å². The molecule has 3 N–H and O–H groups in total. The SMILES string of the molecule is CC(NC(=O)C1(CN)CCCCCC1)c1ccccc1Cl. The molecule has 0 aromatic heterocycles. The summed E-state index contributed by atoms with van der Waals surface area (Å²) in [5.74, 6) is 0.0827. The van der Waals surface area contributed by atoms with Crippen LogP contribution in [0.3, 0.4) is 0 Å². The normalized spacial score (nSPS) is 19.6. The van der Waals surface area contributed by atoms with Crippen molar-refractivity contribution >= 4 is 17.5 Å². The predicted molar refractivity (Wildman–Crippen MR) is 87.2 cm³/mol. The fourth-order valence-corrected chi connectivity index (χ4v) is 3.48. The summed E-state index contributed by atoms with van der Waals surface area (Å²) < 4.78 is 0. The van der Waals surface area contributed by atoms with Crippen molar-refractivity contribution in [1.82, 2.24) is 5.32 Å². The second kappa shape index (κ2) is 7.28. The smallest absolute Gasteiger partial charge is 0.227 e. The molecule has 0 radical (unpaired) electrons. The molecule has 1 amide bonds. The molecule has 0 heterocycles. The van der Waals surface area contributed by atoms with Gasteiger partial charge in [-0.15, -0.1) is 0 Å². The summed E-state index contributed by atoms with van der Waals surface area (Å²) >= 11 is 6.21. The van der Waals surface area contributed by atoms with Crippen molar-refractivity contribution < 1.29 is 4.79 Å². The van der Waals surface area contributed by atoms with Crippen molar-refractivity contribution in [2.24, 2.45) is 11.1 Å². The van der Waals surface area contributed by atoms with Gasteiger partial charge in [-0.1, -0.05) is 55.5 Å². The fourth-order valence-electron chi connectivity index (χ4n) is 3.18. The molecule has 1 atom stereocenters. The first-order chi connectivity index (χ1) is 10.1. The van der Waals surface area contributed by atoms with Crippen LogP contribution in [0.15, 0.2) is 24.3 Å². The summed E-state index contributed by atoms with van der Waals surface area (Å²) in [5.41, 5.74) is 6.52. The Morgan fingerprint density at radius 1 is 1.29 bits per heavy atom. The highest BCUT2D eigenvalue weighted by molar-refractivity contribution is 6.31. The standard InChI is InChI=1S/C17H25ClN2O/c1-13(14-8-4-5-9-15(14)18)20-16(21)17(12-19)10-6-2-3-7-11-17/h4-5,8-9,13H,2-3,6-7,10-12,19H2,1H3,(H,20,21). The van der Waals surface area contributed by atoms with Gasteiger partial charge in [0.05, 0.1) is 11.5 Å². The highest BCUT2D eigenvalue weighted by Crippen LogP contribution is 2.35. The Labute approximate surface area is 132 Å². The zero-order chi connectivity index (χ0) is 15.3. The summed E-state index contributed by atoms with van der Waals surface area (Å²) in [4.78, 5) is 12.8. The van der Waals surface area contributed by atoms with Gasteiger partial charge in [0, 0.05) is 11.6 Å². The molecule has 1 aromatic carbocycles. The molecule has 2 rings (SSSR count). The Morgan fingerprint density at radius 2 is 1.90 bits per heavy atom. The van der Waals surface area contributed by atoms with Crippen molar-refractivity contribution in [3.63, 3.8) is 0 Å². The fraction of sp³-hybridized carbons (Fsp3) is 0.588. The van der Waals surface area contributed by atoms with E-state index in [0.717, 1.165) is 31.2 Å². The molecule has 0 bridgehead atoms. The van der Waals surface area contributed by atoms with Crippen LogP contribution in [0.1, 0.15) is 57.1 Å². The van der Waals surface area contributed by atoms with Crippen LogP contribution in [0, 0.1) is 5.41 Å². The number of hydrogen-bond acceptors (Lipinski definition) is 2. The molecule has 0 spiro atoms. The summed E-state index contributed by atoms with van der Waals surface area (Å²) in [6.45, 7) is 2.40. The molecule has 1 aliphatic carbocycles. The summed E-state index contributed by atoms with van der Waals surface area (Å²) in [7, 11) is 0. The van der Waals surface area contributed by atoms with Crippen LogP contribution in [-0.4, -0.2) is 12.5 Å². The number of benzene rings is 1. The quantitative estimate of drug-likeness (QED) is 0.831. The number of amides is 1. The van der Waals surface area contributed by atoms with Gasteiger partial charge >= 0.3 is 0 Å². The van der Waals surface area contributed by atoms with E-state index in [1.54, 1.807) is 0 Å². The lowest BCUT2D eigenvalue weighted by atomic mass is 9.79. The first-order valence-electron chi connectivity index (χ1n) is 7.84. The lowest BCUT2D eigenvalue weighted by Crippen LogP contribution is -2.46. The van der Waals surface area contributed by atoms with Gasteiger partial charge in [-0.2, -0.15) is 0 Å². The first kappa shape index (κ1) is 16.3. The van der Waals surface area contributed by atoms with E-state index in [1.165, 1.54) is 12.8 Å². The zero-order valence-electron chi connectivity index (χ0n) is 12.7. The largest absolute Gasteiger partial charge is 0.349 e. The number of halogens is 1. The van der Waals surface area contributed by atoms with Gasteiger partial charge in [-0.25, -0.2) is 0 Å². The maximum absolute atomic E-state index is 12.8. The van der Waals surface area contributed by atoms with Gasteiger partial charge in [0.2, 0.25) is 5.91 Å². The second-order valence-corrected chi connectivity index (χ2v) is 6.52. The monoisotopic (exact) mass is 308 g/mol. The third-order valence-corrected chi connectivity index (χ3v) is 5.00. The number of nitrogens with one attached hydrogen (secondary N) is 1. The highest BCUT2D eigenvalue weighted by Gasteiger charge is 2.37. The van der Waals surface area contributed by atoms with Crippen molar-refractivity contribution in [1.29, 1.82) is 0 Å². The van der Waals surface area contributed by atoms with Crippen LogP contribution in [0.2, 0.25) is 5.02 Å². The third kappa shape index (κ3) is 3.78. The van der Waals surface area contributed by atoms with Crippen LogP contribution in [0.4, 0.5) is 0 Å². The Kier molecular flexibility index (Phi) is 5.65. The Balaban J connectivity index is 2.10. The van der Waals surface area contributed by atoms with E-state index in [4.69, 9.17) is 17.3 Å². The van der Waals surface area contributed by atoms with Crippen molar-refractivity contribution in [3.8, 4) is 0 Å². The Hall–Kier alpha value is -1.06. The molecule has 4 heteroatoms. The van der Waals surface area contributed by atoms with E-state index >= 15 is 0 Å². The topological polar surface area (TPSA) is 55.1 Å². The Bertz CT molecular complexity index is 481. The van der Waals surface area contributed by atoms with Crippen LogP contribution >= 0.6 is 11.6 Å². The van der Waals surface area contributed by atoms with Gasteiger partial charge in [0.25, 0.3) is 0 Å². The third-order valence-electron chi connectivity index (χ3n) is 4.65. The maximum Gasteiger partial charge on any atom is 0.227 e. The van der Waals surface area contributed by atoms with Crippen molar-refractivity contribution in [2.45, 2.75) is 51.5 Å². The van der Waals surface area contributed by atoms with Gasteiger partial charge in [-0.3, -0.25) is 4.79 Å². The molecule has 3 nitrogen and oxygen atoms in total. The van der Waals surface area contributed by atoms with Gasteiger partial charge in [-0.05, 0) is 31.4 Å². The van der Waals surface area contributed by atoms with Crippen molar-refractivity contribution in [3.05, 3.63) is 34.9 Å². The van der Waals surface area contributed by atoms with Crippen LogP contribution < -0.4 is 11.1 Å². The lowest BCUT2D eigenvalue weighted by Gasteiger charge is -2.31. The molecule has 21 heavy (non-hydrogen) atoms. The minimum absolute atomic E-state index is 0.0827. The number of hydrogen-bond donors (Lipinski definition) is 2. The average Bonchev–Trinajstić information content (AvgIpc) is 2.74. The lowest BCUT2D eigenvalue weighted by molar-refractivity contribution is -0.132. The van der Waals surface area contributed by atoms with E-state index < -0.39 is 5.41 Å². The second-order valence-electron chi connectivity index (χ2n) is 6.12. The number of carbonyl (C=O) groups excluding carboxylic acids is 1. The van der Waals surface area contributed by atoms with Gasteiger partial charge in [0.15, 0.2) is 0 Å². The molecule has 116 valence electrons. The summed E-state index contributed by atoms with van der Waals surface area (Å²) in [5, 5.41) is 3.81. The minimum Gasteiger partial charge on any atom is -0.349 e. The summed E-state index contributed by atoms with van der Waals surface area (Å²) in [6.07, 6.45) is 6.37. The summed E-state index contributed by atoms with van der Waals surface area (Å²) in [6, 6.07) is 7.54. The zero-order valence-corrected chi connectivity index (χ0v) is 13.5.